The highest BCUT2D eigenvalue weighted by Gasteiger charge is 2.11. The molecule has 138 valence electrons. The van der Waals surface area contributed by atoms with Gasteiger partial charge in [-0.1, -0.05) is 43.6 Å². The number of rotatable bonds is 6. The highest BCUT2D eigenvalue weighted by Crippen LogP contribution is 2.35. The van der Waals surface area contributed by atoms with Crippen molar-refractivity contribution in [3.63, 3.8) is 0 Å². The number of nitrogens with one attached hydrogen (secondary N) is 2. The van der Waals surface area contributed by atoms with Crippen LogP contribution in [0, 0.1) is 5.92 Å². The fourth-order valence-corrected chi connectivity index (χ4v) is 3.37. The van der Waals surface area contributed by atoms with Crippen LogP contribution in [0.4, 0.5) is 4.79 Å². The highest BCUT2D eigenvalue weighted by atomic mass is 35.5. The van der Waals surface area contributed by atoms with Crippen molar-refractivity contribution in [3.8, 4) is 0 Å². The summed E-state index contributed by atoms with van der Waals surface area (Å²) in [5, 5.41) is 6.09. The maximum absolute atomic E-state index is 11.7. The second kappa shape index (κ2) is 9.35. The summed E-state index contributed by atoms with van der Waals surface area (Å²) >= 11 is 7.72. The van der Waals surface area contributed by atoms with Gasteiger partial charge in [-0.2, -0.15) is 0 Å². The Balaban J connectivity index is 1.82. The molecule has 0 aliphatic rings. The molecule has 8 heteroatoms. The number of hydrogen-bond acceptors (Lipinski definition) is 5. The molecule has 0 saturated carbocycles. The van der Waals surface area contributed by atoms with E-state index in [1.165, 1.54) is 17.4 Å². The zero-order valence-electron chi connectivity index (χ0n) is 14.4. The van der Waals surface area contributed by atoms with Gasteiger partial charge >= 0.3 is 12.0 Å². The first kappa shape index (κ1) is 19.9. The summed E-state index contributed by atoms with van der Waals surface area (Å²) in [6.07, 6.45) is 2.74. The number of amides is 3. The number of ether oxygens (including phenoxy) is 1. The van der Waals surface area contributed by atoms with Crippen LogP contribution < -0.4 is 10.6 Å². The Morgan fingerprint density at radius 1 is 1.27 bits per heavy atom. The van der Waals surface area contributed by atoms with Crippen molar-refractivity contribution in [1.82, 2.24) is 10.6 Å². The minimum atomic E-state index is -0.701. The third-order valence-corrected chi connectivity index (χ3v) is 4.86. The van der Waals surface area contributed by atoms with Crippen molar-refractivity contribution in [1.29, 1.82) is 0 Å². The van der Waals surface area contributed by atoms with E-state index in [-0.39, 0.29) is 5.92 Å². The molecular weight excluding hydrogens is 376 g/mol. The molecule has 2 rings (SSSR count). The predicted octanol–water partition coefficient (Wildman–Crippen LogP) is 3.59. The van der Waals surface area contributed by atoms with Crippen LogP contribution in [0.3, 0.4) is 0 Å². The van der Waals surface area contributed by atoms with Gasteiger partial charge in [-0.05, 0) is 18.1 Å². The number of halogens is 1. The van der Waals surface area contributed by atoms with Crippen molar-refractivity contribution < 1.29 is 19.1 Å². The van der Waals surface area contributed by atoms with Crippen molar-refractivity contribution in [2.24, 2.45) is 5.92 Å². The molecule has 6 nitrogen and oxygen atoms in total. The standard InChI is InChI=1S/C18H19ClN2O4S/c1-11(2)9-20-18(24)21-15(22)10-25-16(23)8-7-14-17(19)12-5-3-4-6-13(12)26-14/h3-8,11H,9-10H2,1-2H3,(H2,20,21,22,24)/b8-7+. The molecule has 0 spiro atoms. The van der Waals surface area contributed by atoms with E-state index in [2.05, 4.69) is 10.6 Å². The lowest BCUT2D eigenvalue weighted by Crippen LogP contribution is -2.42. The molecule has 1 aromatic carbocycles. The first-order chi connectivity index (χ1) is 12.4. The van der Waals surface area contributed by atoms with E-state index in [1.807, 2.05) is 38.1 Å². The number of carbonyl (C=O) groups excluding carboxylic acids is 3. The van der Waals surface area contributed by atoms with Crippen LogP contribution in [0.15, 0.2) is 30.3 Å². The molecule has 0 saturated heterocycles. The Hall–Kier alpha value is -2.38. The second-order valence-corrected chi connectivity index (χ2v) is 7.33. The van der Waals surface area contributed by atoms with Crippen LogP contribution >= 0.6 is 22.9 Å². The fourth-order valence-electron chi connectivity index (χ4n) is 1.97. The molecule has 0 unspecified atom stereocenters. The van der Waals surface area contributed by atoms with Crippen molar-refractivity contribution in [2.45, 2.75) is 13.8 Å². The maximum atomic E-state index is 11.7. The van der Waals surface area contributed by atoms with Gasteiger partial charge in [-0.15, -0.1) is 11.3 Å². The van der Waals surface area contributed by atoms with E-state index in [1.54, 1.807) is 6.08 Å². The molecule has 2 N–H and O–H groups in total. The van der Waals surface area contributed by atoms with Crippen LogP contribution in [0.1, 0.15) is 18.7 Å². The van der Waals surface area contributed by atoms with E-state index in [0.29, 0.717) is 11.6 Å². The van der Waals surface area contributed by atoms with Crippen molar-refractivity contribution >= 4 is 57.0 Å². The molecule has 1 heterocycles. The van der Waals surface area contributed by atoms with Crippen LogP contribution in [-0.2, 0) is 14.3 Å². The van der Waals surface area contributed by atoms with E-state index < -0.39 is 24.5 Å². The largest absolute Gasteiger partial charge is 0.452 e. The lowest BCUT2D eigenvalue weighted by atomic mass is 10.2. The van der Waals surface area contributed by atoms with Crippen LogP contribution in [0.5, 0.6) is 0 Å². The maximum Gasteiger partial charge on any atom is 0.331 e. The molecule has 2 aromatic rings. The van der Waals surface area contributed by atoms with Crippen molar-refractivity contribution in [2.75, 3.05) is 13.2 Å². The lowest BCUT2D eigenvalue weighted by molar-refractivity contribution is -0.143. The van der Waals surface area contributed by atoms with Crippen LogP contribution in [0.25, 0.3) is 16.2 Å². The smallest absolute Gasteiger partial charge is 0.331 e. The lowest BCUT2D eigenvalue weighted by Gasteiger charge is -2.08. The number of imide groups is 1. The third-order valence-electron chi connectivity index (χ3n) is 3.20. The van der Waals surface area contributed by atoms with Crippen molar-refractivity contribution in [3.05, 3.63) is 40.2 Å². The summed E-state index contributed by atoms with van der Waals surface area (Å²) in [5.74, 6) is -1.14. The predicted molar refractivity (Wildman–Crippen MR) is 103 cm³/mol. The van der Waals surface area contributed by atoms with Gasteiger partial charge in [-0.3, -0.25) is 10.1 Å². The first-order valence-electron chi connectivity index (χ1n) is 7.96. The SMILES string of the molecule is CC(C)CNC(=O)NC(=O)COC(=O)/C=C/c1sc2ccccc2c1Cl. The summed E-state index contributed by atoms with van der Waals surface area (Å²) < 4.78 is 5.82. The molecule has 1 aromatic heterocycles. The van der Waals surface area contributed by atoms with Gasteiger partial charge in [0.1, 0.15) is 0 Å². The Morgan fingerprint density at radius 3 is 2.69 bits per heavy atom. The number of thiophene rings is 1. The Bertz CT molecular complexity index is 845. The minimum Gasteiger partial charge on any atom is -0.452 e. The molecule has 0 aliphatic carbocycles. The van der Waals surface area contributed by atoms with Gasteiger partial charge < -0.3 is 10.1 Å². The zero-order chi connectivity index (χ0) is 19.1. The van der Waals surface area contributed by atoms with Gasteiger partial charge in [0.05, 0.1) is 5.02 Å². The Kier molecular flexibility index (Phi) is 7.17. The molecule has 0 atom stereocenters. The minimum absolute atomic E-state index is 0.263. The summed E-state index contributed by atoms with van der Waals surface area (Å²) in [6, 6.07) is 7.02. The molecular formula is C18H19ClN2O4S. The zero-order valence-corrected chi connectivity index (χ0v) is 15.9. The molecule has 3 amide bonds. The highest BCUT2D eigenvalue weighted by molar-refractivity contribution is 7.20. The topological polar surface area (TPSA) is 84.5 Å². The summed E-state index contributed by atoms with van der Waals surface area (Å²) in [4.78, 5) is 35.4. The number of carbonyl (C=O) groups is 3. The Morgan fingerprint density at radius 2 is 2.00 bits per heavy atom. The monoisotopic (exact) mass is 394 g/mol. The van der Waals surface area contributed by atoms with Gasteiger partial charge in [0.25, 0.3) is 5.91 Å². The van der Waals surface area contributed by atoms with Gasteiger partial charge in [0.15, 0.2) is 6.61 Å². The molecule has 0 radical (unpaired) electrons. The fraction of sp³-hybridized carbons (Fsp3) is 0.278. The average Bonchev–Trinajstić information content (AvgIpc) is 2.93. The number of urea groups is 1. The summed E-state index contributed by atoms with van der Waals surface area (Å²) in [6.45, 7) is 3.76. The van der Waals surface area contributed by atoms with Crippen LogP contribution in [0.2, 0.25) is 5.02 Å². The Labute approximate surface area is 160 Å². The number of benzene rings is 1. The molecule has 0 bridgehead atoms. The second-order valence-electron chi connectivity index (χ2n) is 5.87. The van der Waals surface area contributed by atoms with Crippen LogP contribution in [-0.4, -0.2) is 31.1 Å². The van der Waals surface area contributed by atoms with Gasteiger partial charge in [0.2, 0.25) is 0 Å². The van der Waals surface area contributed by atoms with E-state index in [0.717, 1.165) is 15.0 Å². The number of esters is 1. The number of fused-ring (bicyclic) bond motifs is 1. The normalized spacial score (nSPS) is 11.1. The molecule has 0 fully saturated rings. The van der Waals surface area contributed by atoms with E-state index >= 15 is 0 Å². The van der Waals surface area contributed by atoms with Gasteiger partial charge in [-0.25, -0.2) is 9.59 Å². The quantitative estimate of drug-likeness (QED) is 0.579. The summed E-state index contributed by atoms with van der Waals surface area (Å²) in [5.41, 5.74) is 0. The van der Waals surface area contributed by atoms with Gasteiger partial charge in [0, 0.05) is 27.6 Å². The molecule has 0 aliphatic heterocycles. The summed E-state index contributed by atoms with van der Waals surface area (Å²) in [7, 11) is 0. The van der Waals surface area contributed by atoms with E-state index in [4.69, 9.17) is 16.3 Å². The third kappa shape index (κ3) is 5.86. The molecule has 26 heavy (non-hydrogen) atoms. The first-order valence-corrected chi connectivity index (χ1v) is 9.15. The van der Waals surface area contributed by atoms with E-state index in [9.17, 15) is 14.4 Å². The average molecular weight is 395 g/mol. The number of hydrogen-bond donors (Lipinski definition) is 2.